The highest BCUT2D eigenvalue weighted by Gasteiger charge is 2.29. The van der Waals surface area contributed by atoms with Crippen molar-refractivity contribution in [3.8, 4) is 0 Å². The molecule has 0 fully saturated rings. The zero-order valence-electron chi connectivity index (χ0n) is 15.4. The molecule has 132 valence electrons. The van der Waals surface area contributed by atoms with Crippen LogP contribution in [-0.4, -0.2) is 46.7 Å². The average molecular weight is 325 g/mol. The monoisotopic (exact) mass is 325 g/mol. The quantitative estimate of drug-likeness (QED) is 0.806. The molecular formula is C17H31N3O3. The summed E-state index contributed by atoms with van der Waals surface area (Å²) in [5.74, 6) is 0.0222. The summed E-state index contributed by atoms with van der Waals surface area (Å²) in [4.78, 5) is 12.6. The lowest BCUT2D eigenvalue weighted by atomic mass is 9.99. The molecule has 1 aromatic rings. The van der Waals surface area contributed by atoms with Crippen LogP contribution in [0.4, 0.5) is 0 Å². The predicted octanol–water partition coefficient (Wildman–Crippen LogP) is 2.28. The van der Waals surface area contributed by atoms with E-state index >= 15 is 0 Å². The molecule has 0 saturated carbocycles. The second-order valence-corrected chi connectivity index (χ2v) is 7.61. The maximum atomic E-state index is 12.6. The Bertz CT molecular complexity index is 524. The smallest absolute Gasteiger partial charge is 0.272 e. The average Bonchev–Trinajstić information content (AvgIpc) is 2.84. The first-order valence-corrected chi connectivity index (χ1v) is 8.07. The van der Waals surface area contributed by atoms with Gasteiger partial charge in [-0.2, -0.15) is 5.10 Å². The van der Waals surface area contributed by atoms with Gasteiger partial charge in [-0.1, -0.05) is 13.8 Å². The van der Waals surface area contributed by atoms with Gasteiger partial charge in [0.2, 0.25) is 0 Å². The normalized spacial score (nSPS) is 14.8. The summed E-state index contributed by atoms with van der Waals surface area (Å²) < 4.78 is 7.08. The molecule has 1 amide bonds. The fourth-order valence-corrected chi connectivity index (χ4v) is 2.53. The van der Waals surface area contributed by atoms with Crippen LogP contribution in [0.2, 0.25) is 0 Å². The van der Waals surface area contributed by atoms with Gasteiger partial charge in [0, 0.05) is 19.4 Å². The van der Waals surface area contributed by atoms with Gasteiger partial charge in [-0.15, -0.1) is 0 Å². The maximum absolute atomic E-state index is 12.6. The summed E-state index contributed by atoms with van der Waals surface area (Å²) in [5.41, 5.74) is 0.602. The Balaban J connectivity index is 3.09. The van der Waals surface area contributed by atoms with Gasteiger partial charge in [0.15, 0.2) is 0 Å². The van der Waals surface area contributed by atoms with Crippen molar-refractivity contribution in [3.63, 3.8) is 0 Å². The number of amides is 1. The van der Waals surface area contributed by atoms with Crippen LogP contribution in [0.15, 0.2) is 6.07 Å². The molecule has 1 unspecified atom stereocenters. The van der Waals surface area contributed by atoms with Gasteiger partial charge in [0.1, 0.15) is 5.69 Å². The van der Waals surface area contributed by atoms with Crippen molar-refractivity contribution < 1.29 is 14.6 Å². The molecule has 0 bridgehead atoms. The predicted molar refractivity (Wildman–Crippen MR) is 90.8 cm³/mol. The molecule has 0 saturated heterocycles. The number of aliphatic hydroxyl groups excluding tert-OH is 1. The van der Waals surface area contributed by atoms with Crippen molar-refractivity contribution in [2.45, 2.75) is 65.0 Å². The van der Waals surface area contributed by atoms with E-state index in [-0.39, 0.29) is 24.0 Å². The molecular weight excluding hydrogens is 294 g/mol. The fraction of sp³-hybridized carbons (Fsp3) is 0.765. The number of methoxy groups -OCH3 is 1. The van der Waals surface area contributed by atoms with Crippen molar-refractivity contribution in [1.82, 2.24) is 15.1 Å². The highest BCUT2D eigenvalue weighted by atomic mass is 16.5. The summed E-state index contributed by atoms with van der Waals surface area (Å²) in [6.45, 7) is 12.5. The minimum atomic E-state index is -0.621. The van der Waals surface area contributed by atoms with E-state index in [9.17, 15) is 9.90 Å². The Kier molecular flexibility index (Phi) is 6.36. The third kappa shape index (κ3) is 5.04. The lowest BCUT2D eigenvalue weighted by Crippen LogP contribution is -2.50. The highest BCUT2D eigenvalue weighted by Crippen LogP contribution is 2.24. The third-order valence-corrected chi connectivity index (χ3v) is 3.74. The molecule has 1 heterocycles. The highest BCUT2D eigenvalue weighted by molar-refractivity contribution is 5.93. The molecule has 1 rings (SSSR count). The molecule has 0 spiro atoms. The van der Waals surface area contributed by atoms with Gasteiger partial charge < -0.3 is 15.2 Å². The van der Waals surface area contributed by atoms with Gasteiger partial charge in [0.25, 0.3) is 5.91 Å². The van der Waals surface area contributed by atoms with Gasteiger partial charge >= 0.3 is 0 Å². The van der Waals surface area contributed by atoms with Crippen LogP contribution in [0.3, 0.4) is 0 Å². The Morgan fingerprint density at radius 1 is 1.39 bits per heavy atom. The zero-order chi connectivity index (χ0) is 17.8. The van der Waals surface area contributed by atoms with Crippen LogP contribution in [0.5, 0.6) is 0 Å². The van der Waals surface area contributed by atoms with Crippen molar-refractivity contribution in [2.75, 3.05) is 20.3 Å². The van der Waals surface area contributed by atoms with Gasteiger partial charge in [-0.3, -0.25) is 9.48 Å². The molecule has 0 aliphatic carbocycles. The van der Waals surface area contributed by atoms with Gasteiger partial charge in [-0.25, -0.2) is 0 Å². The number of aliphatic hydroxyl groups is 1. The topological polar surface area (TPSA) is 76.4 Å². The van der Waals surface area contributed by atoms with E-state index in [4.69, 9.17) is 4.74 Å². The molecule has 0 aliphatic rings. The lowest BCUT2D eigenvalue weighted by molar-refractivity contribution is 0.0720. The van der Waals surface area contributed by atoms with E-state index in [1.807, 2.05) is 17.7 Å². The third-order valence-electron chi connectivity index (χ3n) is 3.74. The molecule has 0 radical (unpaired) electrons. The number of rotatable bonds is 7. The molecule has 23 heavy (non-hydrogen) atoms. The number of nitrogens with zero attached hydrogens (tertiary/aromatic N) is 2. The number of carbonyl (C=O) groups is 1. The van der Waals surface area contributed by atoms with Crippen molar-refractivity contribution >= 4 is 5.91 Å². The Labute approximate surface area is 139 Å². The van der Waals surface area contributed by atoms with E-state index in [0.717, 1.165) is 5.69 Å². The maximum Gasteiger partial charge on any atom is 0.272 e. The van der Waals surface area contributed by atoms with Crippen molar-refractivity contribution in [2.24, 2.45) is 0 Å². The summed E-state index contributed by atoms with van der Waals surface area (Å²) in [6, 6.07) is 1.84. The summed E-state index contributed by atoms with van der Waals surface area (Å²) in [5, 5.41) is 16.7. The van der Waals surface area contributed by atoms with Crippen molar-refractivity contribution in [3.05, 3.63) is 17.5 Å². The Hall–Kier alpha value is -1.40. The van der Waals surface area contributed by atoms with Gasteiger partial charge in [0.05, 0.1) is 17.7 Å². The first kappa shape index (κ1) is 19.6. The summed E-state index contributed by atoms with van der Waals surface area (Å²) in [7, 11) is 1.58. The van der Waals surface area contributed by atoms with Crippen LogP contribution >= 0.6 is 0 Å². The van der Waals surface area contributed by atoms with Crippen molar-refractivity contribution in [1.29, 1.82) is 0 Å². The minimum Gasteiger partial charge on any atom is -0.396 e. The molecule has 1 atom stereocenters. The fourth-order valence-electron chi connectivity index (χ4n) is 2.53. The second kappa shape index (κ2) is 7.45. The number of hydrogen-bond acceptors (Lipinski definition) is 4. The van der Waals surface area contributed by atoms with E-state index in [2.05, 4.69) is 45.0 Å². The minimum absolute atomic E-state index is 0.0200. The SMILES string of the molecule is COCC(C)(CCO)NC(=O)c1cc(C(C)C)n(C(C)(C)C)n1. The lowest BCUT2D eigenvalue weighted by Gasteiger charge is -2.29. The number of hydrogen-bond donors (Lipinski definition) is 2. The standard InChI is InChI=1S/C17H31N3O3/c1-12(2)14-10-13(19-20(14)16(3,4)5)15(22)18-17(6,8-9-21)11-23-7/h10,12,21H,8-9,11H2,1-7H3,(H,18,22). The number of carbonyl (C=O) groups excluding carboxylic acids is 1. The molecule has 2 N–H and O–H groups in total. The second-order valence-electron chi connectivity index (χ2n) is 7.61. The van der Waals surface area contributed by atoms with Crippen LogP contribution in [-0.2, 0) is 10.3 Å². The first-order chi connectivity index (χ1) is 10.5. The van der Waals surface area contributed by atoms with E-state index in [1.165, 1.54) is 0 Å². The van der Waals surface area contributed by atoms with Crippen LogP contribution < -0.4 is 5.32 Å². The van der Waals surface area contributed by atoms with Crippen LogP contribution in [0.25, 0.3) is 0 Å². The molecule has 0 aromatic carbocycles. The molecule has 6 heteroatoms. The number of ether oxygens (including phenoxy) is 1. The van der Waals surface area contributed by atoms with Crippen LogP contribution in [0.1, 0.15) is 70.1 Å². The van der Waals surface area contributed by atoms with Gasteiger partial charge in [-0.05, 0) is 46.1 Å². The first-order valence-electron chi connectivity index (χ1n) is 8.07. The van der Waals surface area contributed by atoms with Crippen LogP contribution in [0, 0.1) is 0 Å². The largest absolute Gasteiger partial charge is 0.396 e. The van der Waals surface area contributed by atoms with E-state index in [1.54, 1.807) is 7.11 Å². The Morgan fingerprint density at radius 3 is 2.39 bits per heavy atom. The van der Waals surface area contributed by atoms with E-state index in [0.29, 0.717) is 18.7 Å². The van der Waals surface area contributed by atoms with E-state index < -0.39 is 5.54 Å². The number of aromatic nitrogens is 2. The summed E-state index contributed by atoms with van der Waals surface area (Å²) >= 11 is 0. The Morgan fingerprint density at radius 2 is 2.00 bits per heavy atom. The summed E-state index contributed by atoms with van der Waals surface area (Å²) in [6.07, 6.45) is 0.420. The molecule has 1 aromatic heterocycles. The zero-order valence-corrected chi connectivity index (χ0v) is 15.4. The molecule has 0 aliphatic heterocycles. The molecule has 6 nitrogen and oxygen atoms in total. The number of nitrogens with one attached hydrogen (secondary N) is 1.